The number of hydrogen-bond donors (Lipinski definition) is 1. The number of aromatic nitrogens is 1. The summed E-state index contributed by atoms with van der Waals surface area (Å²) in [4.78, 5) is 16.3. The monoisotopic (exact) mass is 384 g/mol. The molecule has 1 saturated carbocycles. The van der Waals surface area contributed by atoms with Crippen molar-refractivity contribution in [2.24, 2.45) is 5.92 Å². The zero-order valence-corrected chi connectivity index (χ0v) is 14.6. The maximum Gasteiger partial charge on any atom is 0.255 e. The van der Waals surface area contributed by atoms with Gasteiger partial charge in [-0.1, -0.05) is 23.2 Å². The average Bonchev–Trinajstić information content (AvgIpc) is 3.42. The lowest BCUT2D eigenvalue weighted by atomic mass is 10.2. The number of pyridine rings is 1. The summed E-state index contributed by atoms with van der Waals surface area (Å²) in [5.74, 6) is 0.645. The maximum absolute atomic E-state index is 12.5. The number of benzene rings is 1. The van der Waals surface area contributed by atoms with Crippen LogP contribution in [0.4, 0.5) is 10.1 Å². The van der Waals surface area contributed by atoms with E-state index in [2.05, 4.69) is 10.3 Å². The summed E-state index contributed by atoms with van der Waals surface area (Å²) in [7, 11) is 0. The Kier molecular flexibility index (Phi) is 5.60. The molecule has 8 heteroatoms. The van der Waals surface area contributed by atoms with Crippen LogP contribution in [0.25, 0.3) is 0 Å². The van der Waals surface area contributed by atoms with Crippen LogP contribution in [0.5, 0.6) is 11.5 Å². The number of amides is 1. The SMILES string of the molecule is O=C(Nc1c(Cl)cncc1Cl)c1ccc(OCF)c(OCC2CC2)c1. The molecule has 0 spiro atoms. The zero-order chi connectivity index (χ0) is 17.8. The minimum Gasteiger partial charge on any atom is -0.489 e. The fraction of sp³-hybridized carbons (Fsp3) is 0.294. The molecule has 1 aliphatic rings. The summed E-state index contributed by atoms with van der Waals surface area (Å²) in [5, 5.41) is 3.09. The predicted molar refractivity (Wildman–Crippen MR) is 93.5 cm³/mol. The third-order valence-electron chi connectivity index (χ3n) is 3.68. The molecule has 0 unspecified atom stereocenters. The van der Waals surface area contributed by atoms with Gasteiger partial charge in [0.2, 0.25) is 6.86 Å². The number of ether oxygens (including phenoxy) is 2. The average molecular weight is 385 g/mol. The number of halogens is 3. The van der Waals surface area contributed by atoms with Crippen molar-refractivity contribution in [2.45, 2.75) is 12.8 Å². The van der Waals surface area contributed by atoms with Crippen LogP contribution in [-0.4, -0.2) is 24.4 Å². The molecular weight excluding hydrogens is 370 g/mol. The molecule has 25 heavy (non-hydrogen) atoms. The fourth-order valence-corrected chi connectivity index (χ4v) is 2.61. The van der Waals surface area contributed by atoms with Gasteiger partial charge in [-0.2, -0.15) is 0 Å². The second-order valence-corrected chi connectivity index (χ2v) is 6.42. The molecule has 5 nitrogen and oxygen atoms in total. The molecule has 1 heterocycles. The van der Waals surface area contributed by atoms with Gasteiger partial charge < -0.3 is 14.8 Å². The summed E-state index contributed by atoms with van der Waals surface area (Å²) in [6.07, 6.45) is 4.98. The largest absolute Gasteiger partial charge is 0.489 e. The molecule has 1 aliphatic carbocycles. The minimum atomic E-state index is -0.979. The van der Waals surface area contributed by atoms with Gasteiger partial charge in [-0.25, -0.2) is 4.39 Å². The lowest BCUT2D eigenvalue weighted by molar-refractivity contribution is 0.102. The molecule has 1 N–H and O–H groups in total. The van der Waals surface area contributed by atoms with E-state index in [9.17, 15) is 9.18 Å². The Labute approximate surface area is 154 Å². The number of alkyl halides is 1. The number of rotatable bonds is 7. The van der Waals surface area contributed by atoms with E-state index in [1.54, 1.807) is 0 Å². The first-order valence-electron chi connectivity index (χ1n) is 7.64. The van der Waals surface area contributed by atoms with Gasteiger partial charge in [-0.3, -0.25) is 9.78 Å². The highest BCUT2D eigenvalue weighted by atomic mass is 35.5. The number of carbonyl (C=O) groups excluding carboxylic acids is 1. The second-order valence-electron chi connectivity index (χ2n) is 5.60. The van der Waals surface area contributed by atoms with E-state index < -0.39 is 12.8 Å². The first kappa shape index (κ1) is 17.8. The van der Waals surface area contributed by atoms with Crippen molar-refractivity contribution in [3.8, 4) is 11.5 Å². The van der Waals surface area contributed by atoms with Crippen molar-refractivity contribution in [3.05, 3.63) is 46.2 Å². The minimum absolute atomic E-state index is 0.225. The summed E-state index contributed by atoms with van der Waals surface area (Å²) < 4.78 is 23.1. The predicted octanol–water partition coefficient (Wildman–Crippen LogP) is 4.74. The molecule has 0 atom stereocenters. The van der Waals surface area contributed by atoms with Crippen molar-refractivity contribution >= 4 is 34.8 Å². The van der Waals surface area contributed by atoms with Crippen LogP contribution in [0.2, 0.25) is 10.0 Å². The molecule has 1 aromatic heterocycles. The Morgan fingerprint density at radius 3 is 2.56 bits per heavy atom. The van der Waals surface area contributed by atoms with Gasteiger partial charge in [0.1, 0.15) is 0 Å². The van der Waals surface area contributed by atoms with Crippen LogP contribution >= 0.6 is 23.2 Å². The standard InChI is InChI=1S/C17H15Cl2FN2O3/c18-12-6-21-7-13(19)16(12)22-17(23)11-3-4-14(25-9-20)15(5-11)24-8-10-1-2-10/h3-7,10H,1-2,8-9H2,(H,21,22,23). The zero-order valence-electron chi connectivity index (χ0n) is 13.1. The van der Waals surface area contributed by atoms with E-state index in [-0.39, 0.29) is 21.5 Å². The third-order valence-corrected chi connectivity index (χ3v) is 4.25. The fourth-order valence-electron chi connectivity index (χ4n) is 2.15. The lowest BCUT2D eigenvalue weighted by Crippen LogP contribution is -2.13. The third kappa shape index (κ3) is 4.52. The van der Waals surface area contributed by atoms with E-state index in [0.29, 0.717) is 23.8 Å². The summed E-state index contributed by atoms with van der Waals surface area (Å²) in [5.41, 5.74) is 0.578. The Morgan fingerprint density at radius 2 is 1.92 bits per heavy atom. The molecule has 0 bridgehead atoms. The molecule has 1 amide bonds. The quantitative estimate of drug-likeness (QED) is 0.748. The maximum atomic E-state index is 12.5. The number of carbonyl (C=O) groups is 1. The molecule has 3 rings (SSSR count). The number of nitrogens with zero attached hydrogens (tertiary/aromatic N) is 1. The Morgan fingerprint density at radius 1 is 1.20 bits per heavy atom. The van der Waals surface area contributed by atoms with Gasteiger partial charge in [0.15, 0.2) is 11.5 Å². The van der Waals surface area contributed by atoms with Crippen LogP contribution in [-0.2, 0) is 0 Å². The van der Waals surface area contributed by atoms with Gasteiger partial charge in [0, 0.05) is 18.0 Å². The second kappa shape index (κ2) is 7.89. The molecule has 2 aromatic rings. The van der Waals surface area contributed by atoms with E-state index in [1.165, 1.54) is 30.6 Å². The first-order chi connectivity index (χ1) is 12.1. The molecule has 0 radical (unpaired) electrons. The van der Waals surface area contributed by atoms with Crippen LogP contribution in [0, 0.1) is 5.92 Å². The van der Waals surface area contributed by atoms with Crippen LogP contribution in [0.1, 0.15) is 23.2 Å². The van der Waals surface area contributed by atoms with Gasteiger partial charge in [0.25, 0.3) is 5.91 Å². The van der Waals surface area contributed by atoms with Gasteiger partial charge >= 0.3 is 0 Å². The van der Waals surface area contributed by atoms with Crippen molar-refractivity contribution in [3.63, 3.8) is 0 Å². The van der Waals surface area contributed by atoms with E-state index in [1.807, 2.05) is 0 Å². The van der Waals surface area contributed by atoms with Crippen molar-refractivity contribution < 1.29 is 18.7 Å². The molecular formula is C17H15Cl2FN2O3. The Bertz CT molecular complexity index is 764. The van der Waals surface area contributed by atoms with Crippen LogP contribution in [0.3, 0.4) is 0 Å². The van der Waals surface area contributed by atoms with Crippen molar-refractivity contribution in [2.75, 3.05) is 18.8 Å². The molecule has 0 saturated heterocycles. The highest BCUT2D eigenvalue weighted by Gasteiger charge is 2.23. The molecule has 132 valence electrons. The topological polar surface area (TPSA) is 60.5 Å². The Balaban J connectivity index is 1.80. The summed E-state index contributed by atoms with van der Waals surface area (Å²) in [6.45, 7) is -0.469. The number of nitrogens with one attached hydrogen (secondary N) is 1. The number of hydrogen-bond acceptors (Lipinski definition) is 4. The smallest absolute Gasteiger partial charge is 0.255 e. The van der Waals surface area contributed by atoms with E-state index >= 15 is 0 Å². The number of anilines is 1. The van der Waals surface area contributed by atoms with E-state index in [4.69, 9.17) is 32.7 Å². The molecule has 0 aliphatic heterocycles. The van der Waals surface area contributed by atoms with Gasteiger partial charge in [-0.15, -0.1) is 0 Å². The highest BCUT2D eigenvalue weighted by Crippen LogP contribution is 2.34. The van der Waals surface area contributed by atoms with Crippen LogP contribution < -0.4 is 14.8 Å². The summed E-state index contributed by atoms with van der Waals surface area (Å²) in [6, 6.07) is 4.51. The molecule has 1 aromatic carbocycles. The Hall–Kier alpha value is -2.05. The van der Waals surface area contributed by atoms with Gasteiger partial charge in [0.05, 0.1) is 22.3 Å². The van der Waals surface area contributed by atoms with Gasteiger partial charge in [-0.05, 0) is 37.0 Å². The lowest BCUT2D eigenvalue weighted by Gasteiger charge is -2.13. The van der Waals surface area contributed by atoms with Crippen molar-refractivity contribution in [1.82, 2.24) is 4.98 Å². The van der Waals surface area contributed by atoms with Crippen molar-refractivity contribution in [1.29, 1.82) is 0 Å². The highest BCUT2D eigenvalue weighted by molar-refractivity contribution is 6.39. The normalized spacial score (nSPS) is 13.4. The van der Waals surface area contributed by atoms with E-state index in [0.717, 1.165) is 12.8 Å². The first-order valence-corrected chi connectivity index (χ1v) is 8.40. The molecule has 1 fully saturated rings. The van der Waals surface area contributed by atoms with Crippen LogP contribution in [0.15, 0.2) is 30.6 Å². The summed E-state index contributed by atoms with van der Waals surface area (Å²) >= 11 is 12.0.